The summed E-state index contributed by atoms with van der Waals surface area (Å²) in [5.41, 5.74) is 0. The second-order valence-corrected chi connectivity index (χ2v) is 7.55. The van der Waals surface area contributed by atoms with Crippen LogP contribution in [0.4, 0.5) is 0 Å². The Bertz CT molecular complexity index is 237. The van der Waals surface area contributed by atoms with E-state index in [4.69, 9.17) is 0 Å². The molecule has 1 aliphatic rings. The lowest BCUT2D eigenvalue weighted by Gasteiger charge is -2.32. The zero-order valence-corrected chi connectivity index (χ0v) is 10.9. The molecule has 90 valence electrons. The van der Waals surface area contributed by atoms with E-state index in [1.54, 1.807) is 0 Å². The summed E-state index contributed by atoms with van der Waals surface area (Å²) in [5.74, 6) is 0.313. The predicted octanol–water partition coefficient (Wildman–Crippen LogP) is 1.59. The summed E-state index contributed by atoms with van der Waals surface area (Å²) >= 11 is 0. The SMILES string of the molecule is C[C@@H]1C[C@@H](NS(=O)C(C)(C)C)CC[C@H]1O. The second-order valence-electron chi connectivity index (χ2n) is 5.55. The number of hydrogen-bond acceptors (Lipinski definition) is 2. The van der Waals surface area contributed by atoms with Gasteiger partial charge in [-0.05, 0) is 46.0 Å². The van der Waals surface area contributed by atoms with Gasteiger partial charge in [0.1, 0.15) is 0 Å². The first-order chi connectivity index (χ1) is 6.80. The highest BCUT2D eigenvalue weighted by atomic mass is 32.2. The zero-order chi connectivity index (χ0) is 11.6. The number of aliphatic hydroxyl groups excluding tert-OH is 1. The molecule has 0 aromatic heterocycles. The van der Waals surface area contributed by atoms with E-state index in [9.17, 15) is 9.32 Å². The lowest BCUT2D eigenvalue weighted by Crippen LogP contribution is -2.44. The fraction of sp³-hybridized carbons (Fsp3) is 1.00. The zero-order valence-electron chi connectivity index (χ0n) is 10.1. The molecule has 1 fully saturated rings. The second kappa shape index (κ2) is 4.93. The van der Waals surface area contributed by atoms with Crippen LogP contribution in [0.1, 0.15) is 47.0 Å². The molecule has 1 unspecified atom stereocenters. The van der Waals surface area contributed by atoms with Gasteiger partial charge in [0.25, 0.3) is 0 Å². The maximum atomic E-state index is 11.9. The minimum absolute atomic E-state index is 0.175. The molecule has 1 saturated carbocycles. The summed E-state index contributed by atoms with van der Waals surface area (Å²) in [6, 6.07) is 0.295. The molecule has 4 heteroatoms. The number of aliphatic hydroxyl groups is 1. The first kappa shape index (κ1) is 13.1. The van der Waals surface area contributed by atoms with Crippen LogP contribution >= 0.6 is 0 Å². The average molecular weight is 233 g/mol. The molecule has 0 bridgehead atoms. The van der Waals surface area contributed by atoms with Crippen molar-refractivity contribution in [2.24, 2.45) is 5.92 Å². The summed E-state index contributed by atoms with van der Waals surface area (Å²) in [6.07, 6.45) is 2.49. The van der Waals surface area contributed by atoms with Crippen molar-refractivity contribution in [3.63, 3.8) is 0 Å². The largest absolute Gasteiger partial charge is 0.393 e. The van der Waals surface area contributed by atoms with Gasteiger partial charge in [-0.3, -0.25) is 0 Å². The summed E-state index contributed by atoms with van der Waals surface area (Å²) in [4.78, 5) is 0. The fourth-order valence-electron chi connectivity index (χ4n) is 1.82. The van der Waals surface area contributed by atoms with E-state index in [1.807, 2.05) is 20.8 Å². The molecule has 0 aromatic carbocycles. The van der Waals surface area contributed by atoms with Gasteiger partial charge < -0.3 is 5.11 Å². The van der Waals surface area contributed by atoms with E-state index in [2.05, 4.69) is 11.6 Å². The third-order valence-electron chi connectivity index (χ3n) is 2.95. The number of hydrogen-bond donors (Lipinski definition) is 2. The first-order valence-electron chi connectivity index (χ1n) is 5.67. The van der Waals surface area contributed by atoms with Crippen LogP contribution in [-0.4, -0.2) is 26.2 Å². The molecular weight excluding hydrogens is 210 g/mol. The highest BCUT2D eigenvalue weighted by Gasteiger charge is 2.29. The van der Waals surface area contributed by atoms with Crippen LogP contribution in [0, 0.1) is 5.92 Å². The molecular formula is C11H23NO2S. The Morgan fingerprint density at radius 2 is 1.93 bits per heavy atom. The van der Waals surface area contributed by atoms with Crippen molar-refractivity contribution in [1.29, 1.82) is 0 Å². The molecule has 3 nitrogen and oxygen atoms in total. The highest BCUT2D eigenvalue weighted by molar-refractivity contribution is 7.84. The van der Waals surface area contributed by atoms with Gasteiger partial charge in [-0.25, -0.2) is 8.93 Å². The van der Waals surface area contributed by atoms with Gasteiger partial charge in [-0.15, -0.1) is 0 Å². The topological polar surface area (TPSA) is 49.3 Å². The standard InChI is InChI=1S/C11H23NO2S/c1-8-7-9(5-6-10(8)13)12-15(14)11(2,3)4/h8-10,12-13H,5-7H2,1-4H3/t8-,9+,10-,15?/m1/s1. The van der Waals surface area contributed by atoms with Crippen molar-refractivity contribution in [2.45, 2.75) is 63.9 Å². The molecule has 0 spiro atoms. The Morgan fingerprint density at radius 1 is 1.33 bits per heavy atom. The summed E-state index contributed by atoms with van der Waals surface area (Å²) in [7, 11) is -0.993. The van der Waals surface area contributed by atoms with Crippen molar-refractivity contribution in [3.8, 4) is 0 Å². The molecule has 2 N–H and O–H groups in total. The Labute approximate surface area is 95.2 Å². The Morgan fingerprint density at radius 3 is 2.40 bits per heavy atom. The van der Waals surface area contributed by atoms with Gasteiger partial charge in [0.15, 0.2) is 0 Å². The van der Waals surface area contributed by atoms with Crippen LogP contribution in [0.5, 0.6) is 0 Å². The Hall–Kier alpha value is 0.0700. The van der Waals surface area contributed by atoms with Crippen LogP contribution in [0.25, 0.3) is 0 Å². The monoisotopic (exact) mass is 233 g/mol. The van der Waals surface area contributed by atoms with Gasteiger partial charge in [0, 0.05) is 6.04 Å². The lowest BCUT2D eigenvalue weighted by molar-refractivity contribution is 0.0698. The van der Waals surface area contributed by atoms with E-state index in [1.165, 1.54) is 0 Å². The predicted molar refractivity (Wildman–Crippen MR) is 63.8 cm³/mol. The van der Waals surface area contributed by atoms with Gasteiger partial charge in [0.05, 0.1) is 21.8 Å². The molecule has 0 aliphatic heterocycles. The van der Waals surface area contributed by atoms with Crippen LogP contribution in [0.2, 0.25) is 0 Å². The minimum atomic E-state index is -0.993. The van der Waals surface area contributed by atoms with Crippen LogP contribution in [0.15, 0.2) is 0 Å². The molecule has 0 amide bonds. The smallest absolute Gasteiger partial charge is 0.0972 e. The molecule has 0 heterocycles. The number of rotatable bonds is 2. The molecule has 0 saturated heterocycles. The van der Waals surface area contributed by atoms with Crippen molar-refractivity contribution < 1.29 is 9.32 Å². The van der Waals surface area contributed by atoms with Crippen molar-refractivity contribution in [3.05, 3.63) is 0 Å². The van der Waals surface area contributed by atoms with Gasteiger partial charge in [0.2, 0.25) is 0 Å². The van der Waals surface area contributed by atoms with E-state index in [0.29, 0.717) is 12.0 Å². The maximum Gasteiger partial charge on any atom is 0.0972 e. The molecule has 15 heavy (non-hydrogen) atoms. The van der Waals surface area contributed by atoms with Crippen molar-refractivity contribution in [2.75, 3.05) is 0 Å². The van der Waals surface area contributed by atoms with Gasteiger partial charge >= 0.3 is 0 Å². The van der Waals surface area contributed by atoms with Crippen LogP contribution in [0.3, 0.4) is 0 Å². The summed E-state index contributed by atoms with van der Waals surface area (Å²) in [5, 5.41) is 9.59. The summed E-state index contributed by atoms with van der Waals surface area (Å²) in [6.45, 7) is 7.96. The molecule has 0 radical (unpaired) electrons. The van der Waals surface area contributed by atoms with E-state index in [-0.39, 0.29) is 10.9 Å². The normalized spacial score (nSPS) is 35.1. The third-order valence-corrected chi connectivity index (χ3v) is 4.61. The van der Waals surface area contributed by atoms with E-state index < -0.39 is 11.0 Å². The Balaban J connectivity index is 2.44. The molecule has 1 aliphatic carbocycles. The molecule has 1 rings (SSSR count). The van der Waals surface area contributed by atoms with Crippen molar-refractivity contribution >= 4 is 11.0 Å². The third kappa shape index (κ3) is 3.85. The lowest BCUT2D eigenvalue weighted by atomic mass is 9.85. The van der Waals surface area contributed by atoms with Crippen LogP contribution in [-0.2, 0) is 11.0 Å². The van der Waals surface area contributed by atoms with Gasteiger partial charge in [-0.1, -0.05) is 6.92 Å². The minimum Gasteiger partial charge on any atom is -0.393 e. The molecule has 4 atom stereocenters. The average Bonchev–Trinajstić information content (AvgIpc) is 2.10. The first-order valence-corrected chi connectivity index (χ1v) is 6.82. The Kier molecular flexibility index (Phi) is 4.32. The van der Waals surface area contributed by atoms with Crippen LogP contribution < -0.4 is 4.72 Å². The number of nitrogens with one attached hydrogen (secondary N) is 1. The maximum absolute atomic E-state index is 11.9. The van der Waals surface area contributed by atoms with E-state index >= 15 is 0 Å². The quantitative estimate of drug-likeness (QED) is 0.761. The van der Waals surface area contributed by atoms with Crippen molar-refractivity contribution in [1.82, 2.24) is 4.72 Å². The van der Waals surface area contributed by atoms with E-state index in [0.717, 1.165) is 19.3 Å². The fourth-order valence-corrected chi connectivity index (χ4v) is 2.69. The highest BCUT2D eigenvalue weighted by Crippen LogP contribution is 2.25. The summed E-state index contributed by atoms with van der Waals surface area (Å²) < 4.78 is 14.8. The molecule has 0 aromatic rings. The van der Waals surface area contributed by atoms with Gasteiger partial charge in [-0.2, -0.15) is 0 Å².